The van der Waals surface area contributed by atoms with E-state index < -0.39 is 5.60 Å². The summed E-state index contributed by atoms with van der Waals surface area (Å²) in [4.78, 5) is 2.33. The van der Waals surface area contributed by atoms with Crippen molar-refractivity contribution in [1.82, 2.24) is 0 Å². The maximum atomic E-state index is 9.81. The molecule has 1 aromatic rings. The Balaban J connectivity index is 2.76. The van der Waals surface area contributed by atoms with Crippen molar-refractivity contribution in [1.29, 1.82) is 0 Å². The lowest BCUT2D eigenvalue weighted by Crippen LogP contribution is -2.35. The number of nitrogens with zero attached hydrogens (tertiary/aromatic N) is 1. The van der Waals surface area contributed by atoms with Crippen LogP contribution in [-0.2, 0) is 0 Å². The maximum absolute atomic E-state index is 9.81. The van der Waals surface area contributed by atoms with Gasteiger partial charge in [-0.15, -0.1) is 0 Å². The second-order valence-corrected chi connectivity index (χ2v) is 5.69. The highest BCUT2D eigenvalue weighted by Crippen LogP contribution is 2.20. The van der Waals surface area contributed by atoms with Crippen LogP contribution in [0.15, 0.2) is 24.3 Å². The smallest absolute Gasteiger partial charge is 0.0608 e. The Hall–Kier alpha value is -1.02. The van der Waals surface area contributed by atoms with E-state index in [1.165, 1.54) is 11.3 Å². The van der Waals surface area contributed by atoms with Crippen LogP contribution in [0.1, 0.15) is 39.7 Å². The Labute approximate surface area is 105 Å². The molecule has 0 atom stereocenters. The van der Waals surface area contributed by atoms with Gasteiger partial charge in [0.05, 0.1) is 5.60 Å². The molecule has 96 valence electrons. The molecule has 0 spiro atoms. The van der Waals surface area contributed by atoms with E-state index in [1.807, 2.05) is 13.8 Å². The lowest BCUT2D eigenvalue weighted by molar-refractivity contribution is 0.0727. The van der Waals surface area contributed by atoms with E-state index in [9.17, 15) is 5.11 Å². The van der Waals surface area contributed by atoms with Crippen LogP contribution in [0.5, 0.6) is 0 Å². The third-order valence-electron chi connectivity index (χ3n) is 2.95. The van der Waals surface area contributed by atoms with Gasteiger partial charge in [0.2, 0.25) is 0 Å². The zero-order valence-electron chi connectivity index (χ0n) is 11.7. The summed E-state index contributed by atoms with van der Waals surface area (Å²) in [6.45, 7) is 11.1. The molecule has 0 aliphatic carbocycles. The Bertz CT molecular complexity index is 335. The molecule has 1 aromatic carbocycles. The zero-order chi connectivity index (χ0) is 13.1. The summed E-state index contributed by atoms with van der Waals surface area (Å²) in [5, 5.41) is 9.81. The fourth-order valence-electron chi connectivity index (χ4n) is 1.82. The van der Waals surface area contributed by atoms with Crippen LogP contribution in [0.3, 0.4) is 0 Å². The van der Waals surface area contributed by atoms with Gasteiger partial charge in [-0.2, -0.15) is 0 Å². The van der Waals surface area contributed by atoms with Crippen LogP contribution >= 0.6 is 0 Å². The fraction of sp³-hybridized carbons (Fsp3) is 0.600. The number of aliphatic hydroxyl groups is 1. The minimum absolute atomic E-state index is 0.444. The molecular weight excluding hydrogens is 210 g/mol. The number of rotatable bonds is 5. The Morgan fingerprint density at radius 3 is 2.12 bits per heavy atom. The van der Waals surface area contributed by atoms with E-state index in [2.05, 4.69) is 49.9 Å². The quantitative estimate of drug-likeness (QED) is 0.846. The first-order valence-corrected chi connectivity index (χ1v) is 6.35. The van der Waals surface area contributed by atoms with Crippen molar-refractivity contribution in [3.63, 3.8) is 0 Å². The molecule has 1 rings (SSSR count). The van der Waals surface area contributed by atoms with Gasteiger partial charge in [0, 0.05) is 18.3 Å². The van der Waals surface area contributed by atoms with Gasteiger partial charge in [0.25, 0.3) is 0 Å². The summed E-state index contributed by atoms with van der Waals surface area (Å²) < 4.78 is 0. The third-order valence-corrected chi connectivity index (χ3v) is 2.95. The van der Waals surface area contributed by atoms with Gasteiger partial charge < -0.3 is 10.0 Å². The molecular formula is C15H25NO. The standard InChI is InChI=1S/C15H25NO/c1-12(2)16(11-10-15(4,5)17)14-8-6-13(3)7-9-14/h6-9,12,17H,10-11H2,1-5H3. The highest BCUT2D eigenvalue weighted by Gasteiger charge is 2.17. The highest BCUT2D eigenvalue weighted by atomic mass is 16.3. The molecule has 0 heterocycles. The number of hydrogen-bond acceptors (Lipinski definition) is 2. The second-order valence-electron chi connectivity index (χ2n) is 5.69. The number of anilines is 1. The van der Waals surface area contributed by atoms with Gasteiger partial charge in [-0.05, 0) is 53.2 Å². The maximum Gasteiger partial charge on any atom is 0.0608 e. The molecule has 0 aliphatic heterocycles. The van der Waals surface area contributed by atoms with E-state index in [0.717, 1.165) is 13.0 Å². The van der Waals surface area contributed by atoms with Gasteiger partial charge in [-0.3, -0.25) is 0 Å². The number of aryl methyl sites for hydroxylation is 1. The number of hydrogen-bond donors (Lipinski definition) is 1. The van der Waals surface area contributed by atoms with E-state index in [-0.39, 0.29) is 0 Å². The van der Waals surface area contributed by atoms with Crippen LogP contribution in [0.4, 0.5) is 5.69 Å². The van der Waals surface area contributed by atoms with E-state index in [0.29, 0.717) is 6.04 Å². The predicted octanol–water partition coefficient (Wildman–Crippen LogP) is 3.37. The van der Waals surface area contributed by atoms with Crippen LogP contribution in [0, 0.1) is 6.92 Å². The molecule has 0 radical (unpaired) electrons. The third kappa shape index (κ3) is 4.78. The molecule has 0 saturated carbocycles. The normalized spacial score (nSPS) is 11.9. The molecule has 0 aliphatic rings. The van der Waals surface area contributed by atoms with E-state index >= 15 is 0 Å². The highest BCUT2D eigenvalue weighted by molar-refractivity contribution is 5.48. The van der Waals surface area contributed by atoms with Crippen molar-refractivity contribution >= 4 is 5.69 Å². The molecule has 1 N–H and O–H groups in total. The molecule has 2 heteroatoms. The molecule has 17 heavy (non-hydrogen) atoms. The first kappa shape index (κ1) is 14.0. The predicted molar refractivity (Wildman–Crippen MR) is 74.6 cm³/mol. The lowest BCUT2D eigenvalue weighted by atomic mass is 10.0. The molecule has 0 aromatic heterocycles. The van der Waals surface area contributed by atoms with Crippen molar-refractivity contribution < 1.29 is 5.11 Å². The SMILES string of the molecule is Cc1ccc(N(CCC(C)(C)O)C(C)C)cc1. The molecule has 2 nitrogen and oxygen atoms in total. The van der Waals surface area contributed by atoms with Gasteiger partial charge in [-0.25, -0.2) is 0 Å². The first-order chi connectivity index (χ1) is 7.79. The van der Waals surface area contributed by atoms with Crippen molar-refractivity contribution in [3.8, 4) is 0 Å². The van der Waals surface area contributed by atoms with Crippen LogP contribution in [0.2, 0.25) is 0 Å². The van der Waals surface area contributed by atoms with Crippen LogP contribution < -0.4 is 4.90 Å². The average molecular weight is 235 g/mol. The molecule has 0 bridgehead atoms. The van der Waals surface area contributed by atoms with Gasteiger partial charge >= 0.3 is 0 Å². The summed E-state index contributed by atoms with van der Waals surface area (Å²) in [5.74, 6) is 0. The Morgan fingerprint density at radius 1 is 1.18 bits per heavy atom. The summed E-state index contributed by atoms with van der Waals surface area (Å²) in [7, 11) is 0. The van der Waals surface area contributed by atoms with Gasteiger partial charge in [0.1, 0.15) is 0 Å². The summed E-state index contributed by atoms with van der Waals surface area (Å²) in [6.07, 6.45) is 0.777. The van der Waals surface area contributed by atoms with Crippen molar-refractivity contribution in [2.75, 3.05) is 11.4 Å². The van der Waals surface area contributed by atoms with E-state index in [4.69, 9.17) is 0 Å². The molecule has 0 amide bonds. The topological polar surface area (TPSA) is 23.5 Å². The van der Waals surface area contributed by atoms with Crippen molar-refractivity contribution in [2.45, 2.75) is 52.7 Å². The number of benzene rings is 1. The minimum Gasteiger partial charge on any atom is -0.390 e. The average Bonchev–Trinajstić information content (AvgIpc) is 2.18. The fourth-order valence-corrected chi connectivity index (χ4v) is 1.82. The summed E-state index contributed by atoms with van der Waals surface area (Å²) >= 11 is 0. The summed E-state index contributed by atoms with van der Waals surface area (Å²) in [6, 6.07) is 9.02. The monoisotopic (exact) mass is 235 g/mol. The second kappa shape index (κ2) is 5.54. The van der Waals surface area contributed by atoms with E-state index in [1.54, 1.807) is 0 Å². The van der Waals surface area contributed by atoms with Gasteiger partial charge in [-0.1, -0.05) is 17.7 Å². The zero-order valence-corrected chi connectivity index (χ0v) is 11.7. The summed E-state index contributed by atoms with van der Waals surface area (Å²) in [5.41, 5.74) is 1.91. The van der Waals surface area contributed by atoms with Crippen LogP contribution in [0.25, 0.3) is 0 Å². The van der Waals surface area contributed by atoms with Crippen molar-refractivity contribution in [3.05, 3.63) is 29.8 Å². The lowest BCUT2D eigenvalue weighted by Gasteiger charge is -2.31. The first-order valence-electron chi connectivity index (χ1n) is 6.35. The molecule has 0 saturated heterocycles. The Kier molecular flexibility index (Phi) is 4.58. The Morgan fingerprint density at radius 2 is 1.71 bits per heavy atom. The molecule has 0 unspecified atom stereocenters. The minimum atomic E-state index is -0.599. The van der Waals surface area contributed by atoms with Crippen LogP contribution in [-0.4, -0.2) is 23.3 Å². The van der Waals surface area contributed by atoms with Crippen molar-refractivity contribution in [2.24, 2.45) is 0 Å². The van der Waals surface area contributed by atoms with Gasteiger partial charge in [0.15, 0.2) is 0 Å². The largest absolute Gasteiger partial charge is 0.390 e. The molecule has 0 fully saturated rings.